The number of nitriles is 1. The first-order valence-electron chi connectivity index (χ1n) is 26.5. The van der Waals surface area contributed by atoms with Crippen molar-refractivity contribution in [1.82, 2.24) is 14.5 Å². The van der Waals surface area contributed by atoms with Crippen LogP contribution in [0.2, 0.25) is 0 Å². The van der Waals surface area contributed by atoms with Crippen LogP contribution in [0.15, 0.2) is 180 Å². The Hall–Kier alpha value is -7.76. The van der Waals surface area contributed by atoms with Crippen LogP contribution < -0.4 is 0 Å². The van der Waals surface area contributed by atoms with Gasteiger partial charge in [0, 0.05) is 61.1 Å². The van der Waals surface area contributed by atoms with E-state index in [1.807, 2.05) is 76.2 Å². The van der Waals surface area contributed by atoms with Gasteiger partial charge in [-0.15, -0.1) is 48.0 Å². The molecule has 9 heteroatoms. The minimum Gasteiger partial charge on any atom is -0.512 e. The first-order valence-corrected chi connectivity index (χ1v) is 26.5. The number of fused-ring (bicyclic) bond motifs is 4. The van der Waals surface area contributed by atoms with E-state index in [2.05, 4.69) is 140 Å². The van der Waals surface area contributed by atoms with Crippen LogP contribution in [-0.2, 0) is 24.9 Å². The maximum Gasteiger partial charge on any atom is 0.162 e. The molecular formula is C68H65FIrN4O3-2. The van der Waals surface area contributed by atoms with Crippen molar-refractivity contribution in [3.8, 4) is 56.7 Å². The van der Waals surface area contributed by atoms with Gasteiger partial charge in [-0.2, -0.15) is 5.26 Å². The number of ketones is 1. The van der Waals surface area contributed by atoms with Gasteiger partial charge in [-0.1, -0.05) is 151 Å². The molecule has 0 fully saturated rings. The Morgan fingerprint density at radius 2 is 1.34 bits per heavy atom. The maximum atomic E-state index is 12.6. The zero-order chi connectivity index (χ0) is 53.9. The first-order chi connectivity index (χ1) is 36.9. The number of aliphatic hydroxyl groups is 1. The number of imidazole rings is 1. The van der Waals surface area contributed by atoms with Gasteiger partial charge in [-0.25, -0.2) is 0 Å². The summed E-state index contributed by atoms with van der Waals surface area (Å²) in [5, 5.41) is 21.2. The molecule has 0 bridgehead atoms. The summed E-state index contributed by atoms with van der Waals surface area (Å²) in [6, 6.07) is 60.6. The second-order valence-electron chi connectivity index (χ2n) is 19.7. The summed E-state index contributed by atoms with van der Waals surface area (Å²) in [5.41, 5.74) is 14.8. The van der Waals surface area contributed by atoms with Crippen LogP contribution in [-0.4, -0.2) is 25.4 Å². The molecule has 77 heavy (non-hydrogen) atoms. The Bertz CT molecular complexity index is 3610. The van der Waals surface area contributed by atoms with Crippen LogP contribution in [0.4, 0.5) is 4.39 Å². The third-order valence-electron chi connectivity index (χ3n) is 14.1. The topological polar surface area (TPSA) is 105 Å². The van der Waals surface area contributed by atoms with Crippen LogP contribution >= 0.6 is 0 Å². The molecule has 7 nitrogen and oxygen atoms in total. The number of aromatic nitrogens is 3. The molecule has 7 aromatic carbocycles. The van der Waals surface area contributed by atoms with Crippen molar-refractivity contribution < 1.29 is 38.8 Å². The Labute approximate surface area is 466 Å². The number of para-hydroxylation sites is 2. The normalized spacial score (nSPS) is 11.4. The SMILES string of the molecule is CC(C)c1cc(-c2ccc(-c3ccccc3)cc2)cc(C(C)C)c1-n1c(-c2[c-]ccc3c2oc2cc(C#N)ccc23)nc2ccccc21.CCC(CC)C(=O)/C=C(\O)C(CC)CC.Fc1c[c-]c(-c2ccccn2)cc1.[Ir]. The Morgan fingerprint density at radius 1 is 0.714 bits per heavy atom. The average Bonchev–Trinajstić information content (AvgIpc) is 4.10. The third-order valence-corrected chi connectivity index (χ3v) is 14.1. The number of hydrogen-bond acceptors (Lipinski definition) is 6. The number of rotatable bonds is 14. The maximum absolute atomic E-state index is 12.6. The molecule has 0 spiro atoms. The molecule has 0 aliphatic carbocycles. The predicted octanol–water partition coefficient (Wildman–Crippen LogP) is 18.4. The summed E-state index contributed by atoms with van der Waals surface area (Å²) in [7, 11) is 0. The number of carbonyl (C=O) groups excluding carboxylic acids is 1. The van der Waals surface area contributed by atoms with Gasteiger partial charge < -0.3 is 19.1 Å². The van der Waals surface area contributed by atoms with Crippen LogP contribution in [0.25, 0.3) is 83.6 Å². The molecule has 10 rings (SSSR count). The molecule has 3 heterocycles. The average molecular weight is 1200 g/mol. The zero-order valence-corrected chi connectivity index (χ0v) is 47.5. The first kappa shape index (κ1) is 57.0. The van der Waals surface area contributed by atoms with Crippen LogP contribution in [0.1, 0.15) is 110 Å². The van der Waals surface area contributed by atoms with Crippen molar-refractivity contribution in [2.75, 3.05) is 0 Å². The summed E-state index contributed by atoms with van der Waals surface area (Å²) < 4.78 is 21.4. The second kappa shape index (κ2) is 26.3. The van der Waals surface area contributed by atoms with E-state index >= 15 is 0 Å². The van der Waals surface area contributed by atoms with Gasteiger partial charge in [0.05, 0.1) is 39.8 Å². The van der Waals surface area contributed by atoms with Crippen molar-refractivity contribution in [1.29, 1.82) is 5.26 Å². The predicted molar refractivity (Wildman–Crippen MR) is 309 cm³/mol. The molecule has 0 aliphatic heterocycles. The van der Waals surface area contributed by atoms with E-state index < -0.39 is 0 Å². The van der Waals surface area contributed by atoms with Crippen molar-refractivity contribution >= 4 is 38.8 Å². The molecule has 1 N–H and O–H groups in total. The van der Waals surface area contributed by atoms with E-state index in [9.17, 15) is 19.6 Å². The molecule has 0 saturated carbocycles. The van der Waals surface area contributed by atoms with Crippen molar-refractivity contribution in [2.45, 2.75) is 92.9 Å². The van der Waals surface area contributed by atoms with Gasteiger partial charge in [0.25, 0.3) is 0 Å². The van der Waals surface area contributed by atoms with E-state index in [1.54, 1.807) is 18.3 Å². The third kappa shape index (κ3) is 12.9. The van der Waals surface area contributed by atoms with Crippen molar-refractivity contribution in [3.05, 3.63) is 210 Å². The van der Waals surface area contributed by atoms with E-state index in [0.29, 0.717) is 16.7 Å². The summed E-state index contributed by atoms with van der Waals surface area (Å²) in [6.07, 6.45) is 6.61. The van der Waals surface area contributed by atoms with Crippen LogP contribution in [0.5, 0.6) is 0 Å². The number of hydrogen-bond donors (Lipinski definition) is 1. The van der Waals surface area contributed by atoms with Gasteiger partial charge >= 0.3 is 0 Å². The molecule has 0 saturated heterocycles. The smallest absolute Gasteiger partial charge is 0.162 e. The van der Waals surface area contributed by atoms with Crippen LogP contribution in [0.3, 0.4) is 0 Å². The second-order valence-corrected chi connectivity index (χ2v) is 19.7. The molecule has 0 unspecified atom stereocenters. The van der Waals surface area contributed by atoms with Gasteiger partial charge in [-0.05, 0) is 119 Å². The quantitative estimate of drug-likeness (QED) is 0.0661. The van der Waals surface area contributed by atoms with E-state index in [0.717, 1.165) is 75.8 Å². The zero-order valence-electron chi connectivity index (χ0n) is 45.1. The molecule has 0 atom stereocenters. The van der Waals surface area contributed by atoms with Gasteiger partial charge in [-0.3, -0.25) is 14.2 Å². The molecular weight excluding hydrogens is 1130 g/mol. The van der Waals surface area contributed by atoms with Crippen LogP contribution in [0, 0.1) is 41.1 Å². The fraction of sp³-hybridized carbons (Fsp3) is 0.235. The monoisotopic (exact) mass is 1200 g/mol. The fourth-order valence-electron chi connectivity index (χ4n) is 9.73. The number of carbonyl (C=O) groups is 1. The standard InChI is InChI=1S/C44H34N3O.C13H24O2.C11H7FN.Ir/c1-27(2)37-24-33(32-20-18-31(19-21-32)30-11-6-5-7-12-30)25-38(28(3)4)42(37)47-40-16-9-8-15-39(40)46-44(47)36-14-10-13-35-34-22-17-29(26-45)23-41(34)48-43(35)36;1-5-10(6-2)12(14)9-13(15)11(7-3)8-4;12-10-6-4-9(5-7-10)11-3-1-2-8-13-11;/h5-13,15-25,27-28H,1-4H3;9-11,14H,5-8H2,1-4H3;1-4,6-8H;/q-1;;-1;/b;12-9-;;. The summed E-state index contributed by atoms with van der Waals surface area (Å²) in [4.78, 5) is 21.1. The molecule has 10 aromatic rings. The minimum absolute atomic E-state index is 0. The van der Waals surface area contributed by atoms with E-state index in [-0.39, 0.29) is 61.1 Å². The van der Waals surface area contributed by atoms with Crippen molar-refractivity contribution in [2.24, 2.45) is 11.8 Å². The Balaban J connectivity index is 0.000000243. The number of furan rings is 1. The van der Waals surface area contributed by atoms with E-state index in [1.165, 1.54) is 51.6 Å². The summed E-state index contributed by atoms with van der Waals surface area (Å²) in [6.45, 7) is 17.1. The Morgan fingerprint density at radius 3 is 1.94 bits per heavy atom. The van der Waals surface area contributed by atoms with Gasteiger partial charge in [0.2, 0.25) is 0 Å². The molecule has 0 aliphatic rings. The number of nitrogens with zero attached hydrogens (tertiary/aromatic N) is 4. The molecule has 3 aromatic heterocycles. The van der Waals surface area contributed by atoms with E-state index in [4.69, 9.17) is 9.40 Å². The number of allylic oxidation sites excluding steroid dienone is 2. The molecule has 393 valence electrons. The van der Waals surface area contributed by atoms with Gasteiger partial charge in [0.15, 0.2) is 5.78 Å². The summed E-state index contributed by atoms with van der Waals surface area (Å²) in [5.74, 6) is 1.53. The molecule has 0 amide bonds. The number of halogens is 1. The fourth-order valence-corrected chi connectivity index (χ4v) is 9.73. The largest absolute Gasteiger partial charge is 0.512 e. The molecule has 1 radical (unpaired) electrons. The van der Waals surface area contributed by atoms with Gasteiger partial charge in [0.1, 0.15) is 5.58 Å². The number of pyridine rings is 1. The minimum atomic E-state index is -0.278. The Kier molecular flexibility index (Phi) is 19.5. The summed E-state index contributed by atoms with van der Waals surface area (Å²) >= 11 is 0. The number of aliphatic hydroxyl groups excluding tert-OH is 1. The van der Waals surface area contributed by atoms with Crippen molar-refractivity contribution in [3.63, 3.8) is 0 Å². The number of benzene rings is 7.